The minimum atomic E-state index is 0.331. The number of benzene rings is 1. The molecule has 36 heavy (non-hydrogen) atoms. The molecule has 2 fully saturated rings. The summed E-state index contributed by atoms with van der Waals surface area (Å²) in [4.78, 5) is 12.4. The predicted octanol–water partition coefficient (Wildman–Crippen LogP) is 4.02. The lowest BCUT2D eigenvalue weighted by Gasteiger charge is -2.44. The van der Waals surface area contributed by atoms with Crippen LogP contribution >= 0.6 is 0 Å². The Morgan fingerprint density at radius 3 is 2.56 bits per heavy atom. The van der Waals surface area contributed by atoms with Crippen molar-refractivity contribution in [3.63, 3.8) is 0 Å². The minimum absolute atomic E-state index is 0.331. The van der Waals surface area contributed by atoms with Crippen LogP contribution in [0.5, 0.6) is 0 Å². The van der Waals surface area contributed by atoms with E-state index in [1.54, 1.807) is 6.20 Å². The third-order valence-corrected chi connectivity index (χ3v) is 7.96. The molecular formula is C27H35N9. The van der Waals surface area contributed by atoms with E-state index in [9.17, 15) is 0 Å². The van der Waals surface area contributed by atoms with Crippen LogP contribution in [0.15, 0.2) is 48.9 Å². The fourth-order valence-corrected chi connectivity index (χ4v) is 5.65. The second kappa shape index (κ2) is 9.54. The van der Waals surface area contributed by atoms with Gasteiger partial charge in [-0.15, -0.1) is 0 Å². The predicted molar refractivity (Wildman–Crippen MR) is 142 cm³/mol. The van der Waals surface area contributed by atoms with Gasteiger partial charge in [0.15, 0.2) is 5.65 Å². The first-order valence-electron chi connectivity index (χ1n) is 13.2. The zero-order valence-corrected chi connectivity index (χ0v) is 21.2. The number of anilines is 2. The van der Waals surface area contributed by atoms with Crippen molar-refractivity contribution in [2.45, 2.75) is 52.0 Å². The normalized spacial score (nSPS) is 17.8. The first-order chi connectivity index (χ1) is 17.6. The highest BCUT2D eigenvalue weighted by Gasteiger charge is 2.36. The maximum absolute atomic E-state index is 5.04. The van der Waals surface area contributed by atoms with Crippen molar-refractivity contribution < 1.29 is 0 Å². The number of aromatic nitrogens is 6. The summed E-state index contributed by atoms with van der Waals surface area (Å²) in [6.07, 6.45) is 10.7. The molecule has 2 N–H and O–H groups in total. The first-order valence-corrected chi connectivity index (χ1v) is 13.2. The SMILES string of the molecule is CC(C)c1cnn2c(NCc3ccccc3-n3cccn3)nc(N3CCC4(CCNCC4)CC3)nc12. The Kier molecular flexibility index (Phi) is 6.08. The Balaban J connectivity index is 1.30. The van der Waals surface area contributed by atoms with E-state index in [0.717, 1.165) is 60.5 Å². The lowest BCUT2D eigenvalue weighted by atomic mass is 9.72. The second-order valence-electron chi connectivity index (χ2n) is 10.5. The molecule has 1 spiro atoms. The van der Waals surface area contributed by atoms with Gasteiger partial charge in [0.2, 0.25) is 11.9 Å². The Hall–Kier alpha value is -3.46. The maximum Gasteiger partial charge on any atom is 0.230 e. The number of rotatable bonds is 6. The van der Waals surface area contributed by atoms with E-state index in [-0.39, 0.29) is 0 Å². The number of piperidine rings is 2. The average Bonchev–Trinajstić information content (AvgIpc) is 3.59. The number of fused-ring (bicyclic) bond motifs is 1. The van der Waals surface area contributed by atoms with E-state index >= 15 is 0 Å². The molecule has 0 saturated carbocycles. The molecule has 0 unspecified atom stereocenters. The third kappa shape index (κ3) is 4.32. The molecule has 1 aromatic carbocycles. The van der Waals surface area contributed by atoms with Crippen LogP contribution in [0.4, 0.5) is 11.9 Å². The van der Waals surface area contributed by atoms with Gasteiger partial charge < -0.3 is 15.5 Å². The van der Waals surface area contributed by atoms with Gasteiger partial charge in [0.1, 0.15) is 0 Å². The smallest absolute Gasteiger partial charge is 0.230 e. The Morgan fingerprint density at radius 1 is 1.00 bits per heavy atom. The molecule has 9 nitrogen and oxygen atoms in total. The molecule has 0 aliphatic carbocycles. The summed E-state index contributed by atoms with van der Waals surface area (Å²) >= 11 is 0. The number of nitrogens with one attached hydrogen (secondary N) is 2. The molecule has 0 amide bonds. The molecule has 0 atom stereocenters. The summed E-state index contributed by atoms with van der Waals surface area (Å²) in [6.45, 7) is 9.27. The summed E-state index contributed by atoms with van der Waals surface area (Å²) < 4.78 is 3.75. The van der Waals surface area contributed by atoms with E-state index in [1.807, 2.05) is 33.7 Å². The molecule has 3 aromatic heterocycles. The molecule has 4 aromatic rings. The van der Waals surface area contributed by atoms with E-state index in [2.05, 4.69) is 57.8 Å². The largest absolute Gasteiger partial charge is 0.350 e. The monoisotopic (exact) mass is 485 g/mol. The minimum Gasteiger partial charge on any atom is -0.350 e. The molecule has 2 saturated heterocycles. The fourth-order valence-electron chi connectivity index (χ4n) is 5.65. The van der Waals surface area contributed by atoms with Crippen LogP contribution in [-0.4, -0.2) is 55.5 Å². The molecule has 5 heterocycles. The van der Waals surface area contributed by atoms with Crippen LogP contribution in [0, 0.1) is 5.41 Å². The second-order valence-corrected chi connectivity index (χ2v) is 10.5. The van der Waals surface area contributed by atoms with Gasteiger partial charge >= 0.3 is 0 Å². The molecular weight excluding hydrogens is 450 g/mol. The van der Waals surface area contributed by atoms with Crippen LogP contribution in [0.1, 0.15) is 56.6 Å². The Morgan fingerprint density at radius 2 is 1.81 bits per heavy atom. The molecule has 6 rings (SSSR count). The first kappa shape index (κ1) is 23.0. The lowest BCUT2D eigenvalue weighted by molar-refractivity contribution is 0.154. The summed E-state index contributed by atoms with van der Waals surface area (Å²) in [5.74, 6) is 1.86. The quantitative estimate of drug-likeness (QED) is 0.427. The van der Waals surface area contributed by atoms with Crippen LogP contribution in [-0.2, 0) is 6.54 Å². The van der Waals surface area contributed by atoms with Gasteiger partial charge in [0.25, 0.3) is 0 Å². The molecule has 188 valence electrons. The van der Waals surface area contributed by atoms with Crippen molar-refractivity contribution in [3.05, 3.63) is 60.0 Å². The van der Waals surface area contributed by atoms with Gasteiger partial charge in [-0.1, -0.05) is 32.0 Å². The number of nitrogens with zero attached hydrogens (tertiary/aromatic N) is 7. The van der Waals surface area contributed by atoms with Gasteiger partial charge in [-0.2, -0.15) is 24.7 Å². The van der Waals surface area contributed by atoms with Crippen molar-refractivity contribution >= 4 is 17.5 Å². The molecule has 0 radical (unpaired) electrons. The maximum atomic E-state index is 5.04. The highest BCUT2D eigenvalue weighted by atomic mass is 15.4. The summed E-state index contributed by atoms with van der Waals surface area (Å²) in [5.41, 5.74) is 4.71. The van der Waals surface area contributed by atoms with Crippen LogP contribution in [0.25, 0.3) is 11.3 Å². The van der Waals surface area contributed by atoms with E-state index in [0.29, 0.717) is 17.9 Å². The average molecular weight is 486 g/mol. The standard InChI is InChI=1S/C27H35N9/c1-20(2)22-19-31-36-24(22)32-26(34-16-10-27(11-17-34)8-13-28-14-9-27)33-25(36)29-18-21-6-3-4-7-23(21)35-15-5-12-30-35/h3-7,12,15,19-20,28H,8-11,13-14,16-18H2,1-2H3,(H,29,32,33). The van der Waals surface area contributed by atoms with Crippen molar-refractivity contribution in [3.8, 4) is 5.69 Å². The van der Waals surface area contributed by atoms with Gasteiger partial charge in [-0.3, -0.25) is 0 Å². The highest BCUT2D eigenvalue weighted by Crippen LogP contribution is 2.40. The van der Waals surface area contributed by atoms with Crippen molar-refractivity contribution in [2.75, 3.05) is 36.4 Å². The molecule has 2 aliphatic heterocycles. The highest BCUT2D eigenvalue weighted by molar-refractivity contribution is 5.56. The van der Waals surface area contributed by atoms with E-state index in [1.165, 1.54) is 25.7 Å². The third-order valence-electron chi connectivity index (χ3n) is 7.96. The Bertz CT molecular complexity index is 1310. The summed E-state index contributed by atoms with van der Waals surface area (Å²) in [7, 11) is 0. The number of hydrogen-bond acceptors (Lipinski definition) is 7. The Labute approximate surface area is 211 Å². The zero-order valence-electron chi connectivity index (χ0n) is 21.2. The van der Waals surface area contributed by atoms with E-state index in [4.69, 9.17) is 9.97 Å². The van der Waals surface area contributed by atoms with Gasteiger partial charge in [0, 0.05) is 37.6 Å². The van der Waals surface area contributed by atoms with Crippen LogP contribution < -0.4 is 15.5 Å². The molecule has 2 aliphatic rings. The van der Waals surface area contributed by atoms with E-state index < -0.39 is 0 Å². The molecule has 9 heteroatoms. The van der Waals surface area contributed by atoms with Crippen molar-refractivity contribution in [1.29, 1.82) is 0 Å². The lowest BCUT2D eigenvalue weighted by Crippen LogP contribution is -2.46. The topological polar surface area (TPSA) is 88.2 Å². The van der Waals surface area contributed by atoms with Crippen LogP contribution in [0.3, 0.4) is 0 Å². The fraction of sp³-hybridized carbons (Fsp3) is 0.481. The summed E-state index contributed by atoms with van der Waals surface area (Å²) in [6, 6.07) is 10.2. The van der Waals surface area contributed by atoms with Crippen LogP contribution in [0.2, 0.25) is 0 Å². The zero-order chi connectivity index (χ0) is 24.5. The summed E-state index contributed by atoms with van der Waals surface area (Å²) in [5, 5.41) is 16.2. The van der Waals surface area contributed by atoms with Crippen molar-refractivity contribution in [2.24, 2.45) is 5.41 Å². The number of para-hydroxylation sites is 1. The number of hydrogen-bond donors (Lipinski definition) is 2. The van der Waals surface area contributed by atoms with Gasteiger partial charge in [0.05, 0.1) is 11.9 Å². The van der Waals surface area contributed by atoms with Crippen molar-refractivity contribution in [1.82, 2.24) is 34.7 Å². The van der Waals surface area contributed by atoms with Gasteiger partial charge in [-0.05, 0) is 67.8 Å². The molecule has 0 bridgehead atoms. The van der Waals surface area contributed by atoms with Gasteiger partial charge in [-0.25, -0.2) is 4.68 Å².